The van der Waals surface area contributed by atoms with Crippen LogP contribution in [0.15, 0.2) is 36.7 Å². The van der Waals surface area contributed by atoms with Gasteiger partial charge in [-0.15, -0.1) is 0 Å². The van der Waals surface area contributed by atoms with E-state index in [4.69, 9.17) is 10.8 Å². The highest BCUT2D eigenvalue weighted by Gasteiger charge is 1.97. The lowest BCUT2D eigenvalue weighted by Gasteiger charge is -2.17. The van der Waals surface area contributed by atoms with E-state index in [2.05, 4.69) is 18.5 Å². The first-order valence-electron chi connectivity index (χ1n) is 4.87. The van der Waals surface area contributed by atoms with Crippen LogP contribution in [0.2, 0.25) is 0 Å². The first-order valence-corrected chi connectivity index (χ1v) is 4.87. The highest BCUT2D eigenvalue weighted by Crippen LogP contribution is 2.01. The van der Waals surface area contributed by atoms with Gasteiger partial charge in [0.1, 0.15) is 0 Å². The van der Waals surface area contributed by atoms with Crippen molar-refractivity contribution in [3.8, 4) is 0 Å². The maximum absolute atomic E-state index is 8.73. The molecule has 0 spiro atoms. The second-order valence-corrected chi connectivity index (χ2v) is 3.43. The smallest absolute Gasteiger partial charge is 0.0713 e. The van der Waals surface area contributed by atoms with Crippen LogP contribution in [0, 0.1) is 0 Å². The average Bonchev–Trinajstić information content (AvgIpc) is 2.13. The number of nitrogens with zero attached hydrogens (tertiary/aromatic N) is 1. The van der Waals surface area contributed by atoms with E-state index < -0.39 is 0 Å². The lowest BCUT2D eigenvalue weighted by molar-refractivity contribution is 0.249. The van der Waals surface area contributed by atoms with Gasteiger partial charge in [0.15, 0.2) is 0 Å². The summed E-state index contributed by atoms with van der Waals surface area (Å²) in [7, 11) is 1.87. The van der Waals surface area contributed by atoms with Crippen LogP contribution in [-0.2, 0) is 0 Å². The zero-order valence-corrected chi connectivity index (χ0v) is 9.53. The predicted molar refractivity (Wildman–Crippen MR) is 63.9 cm³/mol. The Hall–Kier alpha value is -1.26. The lowest BCUT2D eigenvalue weighted by Crippen LogP contribution is -2.32. The Morgan fingerprint density at radius 3 is 2.60 bits per heavy atom. The van der Waals surface area contributed by atoms with Crippen LogP contribution >= 0.6 is 0 Å². The first-order chi connectivity index (χ1) is 6.97. The Balaban J connectivity index is 4.05. The summed E-state index contributed by atoms with van der Waals surface area (Å²) < 4.78 is 0. The molecule has 0 aromatic heterocycles. The molecule has 86 valence electrons. The van der Waals surface area contributed by atoms with E-state index in [1.54, 1.807) is 6.08 Å². The minimum absolute atomic E-state index is 0.113. The topological polar surface area (TPSA) is 61.5 Å². The summed E-state index contributed by atoms with van der Waals surface area (Å²) in [5.41, 5.74) is 7.09. The van der Waals surface area contributed by atoms with E-state index in [1.165, 1.54) is 0 Å². The number of hydrogen-bond donors (Lipinski definition) is 3. The molecular weight excluding hydrogens is 190 g/mol. The van der Waals surface area contributed by atoms with E-state index in [0.29, 0.717) is 6.54 Å². The van der Waals surface area contributed by atoms with Crippen molar-refractivity contribution in [2.45, 2.75) is 13.1 Å². The third-order valence-corrected chi connectivity index (χ3v) is 1.82. The number of likely N-dealkylation sites (N-methyl/N-ethyl adjacent to an activating group) is 1. The second-order valence-electron chi connectivity index (χ2n) is 3.43. The standard InChI is InChI=1S/C11H21N3O/c1-9(13-11(3)12)5-6-10(2)14(4)7-8-15/h5-6,11,13,15H,1-2,7-8,12H2,3-4H3/b6-5-. The fourth-order valence-corrected chi connectivity index (χ4v) is 0.958. The molecule has 0 bridgehead atoms. The number of hydrogen-bond acceptors (Lipinski definition) is 4. The van der Waals surface area contributed by atoms with Crippen LogP contribution in [0.25, 0.3) is 0 Å². The van der Waals surface area contributed by atoms with Crippen molar-refractivity contribution in [1.29, 1.82) is 0 Å². The van der Waals surface area contributed by atoms with Gasteiger partial charge in [0.05, 0.1) is 12.8 Å². The Morgan fingerprint density at radius 2 is 2.13 bits per heavy atom. The largest absolute Gasteiger partial charge is 0.395 e. The first kappa shape index (κ1) is 13.7. The third-order valence-electron chi connectivity index (χ3n) is 1.82. The molecule has 1 atom stereocenters. The van der Waals surface area contributed by atoms with Gasteiger partial charge in [-0.25, -0.2) is 0 Å². The molecule has 15 heavy (non-hydrogen) atoms. The van der Waals surface area contributed by atoms with Crippen molar-refractivity contribution in [2.75, 3.05) is 20.2 Å². The Labute approximate surface area is 91.8 Å². The molecule has 0 heterocycles. The van der Waals surface area contributed by atoms with Crippen molar-refractivity contribution in [2.24, 2.45) is 5.73 Å². The normalized spacial score (nSPS) is 12.5. The quantitative estimate of drug-likeness (QED) is 0.421. The summed E-state index contributed by atoms with van der Waals surface area (Å²) in [6.45, 7) is 10.2. The summed E-state index contributed by atoms with van der Waals surface area (Å²) in [5, 5.41) is 11.7. The van der Waals surface area contributed by atoms with Crippen LogP contribution in [0.4, 0.5) is 0 Å². The number of aliphatic hydroxyl groups excluding tert-OH is 1. The predicted octanol–water partition coefficient (Wildman–Crippen LogP) is 0.388. The Kier molecular flexibility index (Phi) is 6.49. The van der Waals surface area contributed by atoms with Gasteiger partial charge in [-0.05, 0) is 19.1 Å². The van der Waals surface area contributed by atoms with Gasteiger partial charge in [-0.3, -0.25) is 0 Å². The molecule has 0 fully saturated rings. The molecule has 4 N–H and O–H groups in total. The number of nitrogens with one attached hydrogen (secondary N) is 1. The van der Waals surface area contributed by atoms with Gasteiger partial charge < -0.3 is 21.1 Å². The lowest BCUT2D eigenvalue weighted by atomic mass is 10.3. The molecule has 0 aromatic rings. The molecule has 0 radical (unpaired) electrons. The van der Waals surface area contributed by atoms with Crippen molar-refractivity contribution < 1.29 is 5.11 Å². The molecule has 0 aliphatic carbocycles. The number of nitrogens with two attached hydrogens (primary N) is 1. The van der Waals surface area contributed by atoms with Crippen LogP contribution in [0.1, 0.15) is 6.92 Å². The van der Waals surface area contributed by atoms with E-state index in [-0.39, 0.29) is 12.8 Å². The number of allylic oxidation sites excluding steroid dienone is 2. The molecule has 0 aliphatic rings. The highest BCUT2D eigenvalue weighted by atomic mass is 16.3. The molecular formula is C11H21N3O. The fraction of sp³-hybridized carbons (Fsp3) is 0.455. The Morgan fingerprint density at radius 1 is 1.53 bits per heavy atom. The average molecular weight is 211 g/mol. The van der Waals surface area contributed by atoms with Gasteiger partial charge in [0, 0.05) is 25.0 Å². The van der Waals surface area contributed by atoms with Crippen molar-refractivity contribution in [1.82, 2.24) is 10.2 Å². The maximum Gasteiger partial charge on any atom is 0.0713 e. The van der Waals surface area contributed by atoms with Gasteiger partial charge in [-0.1, -0.05) is 13.2 Å². The zero-order valence-electron chi connectivity index (χ0n) is 9.53. The molecule has 4 heteroatoms. The zero-order chi connectivity index (χ0) is 11.8. The summed E-state index contributed by atoms with van der Waals surface area (Å²) in [5.74, 6) is 0. The van der Waals surface area contributed by atoms with Crippen molar-refractivity contribution in [3.05, 3.63) is 36.7 Å². The summed E-state index contributed by atoms with van der Waals surface area (Å²) in [6.07, 6.45) is 3.51. The van der Waals surface area contributed by atoms with Crippen molar-refractivity contribution >= 4 is 0 Å². The minimum atomic E-state index is -0.120. The molecule has 0 aliphatic heterocycles. The van der Waals surface area contributed by atoms with Gasteiger partial charge in [0.25, 0.3) is 0 Å². The van der Waals surface area contributed by atoms with E-state index in [0.717, 1.165) is 11.4 Å². The maximum atomic E-state index is 8.73. The highest BCUT2D eigenvalue weighted by molar-refractivity contribution is 5.22. The summed E-state index contributed by atoms with van der Waals surface area (Å²) >= 11 is 0. The molecule has 0 amide bonds. The molecule has 0 saturated carbocycles. The fourth-order valence-electron chi connectivity index (χ4n) is 0.958. The van der Waals surface area contributed by atoms with Gasteiger partial charge >= 0.3 is 0 Å². The van der Waals surface area contributed by atoms with Crippen LogP contribution in [0.3, 0.4) is 0 Å². The molecule has 0 saturated heterocycles. The third kappa shape index (κ3) is 6.76. The number of aliphatic hydroxyl groups is 1. The van der Waals surface area contributed by atoms with Crippen LogP contribution < -0.4 is 11.1 Å². The van der Waals surface area contributed by atoms with Crippen LogP contribution in [0.5, 0.6) is 0 Å². The molecule has 1 unspecified atom stereocenters. The molecule has 4 nitrogen and oxygen atoms in total. The van der Waals surface area contributed by atoms with E-state index in [9.17, 15) is 0 Å². The van der Waals surface area contributed by atoms with E-state index >= 15 is 0 Å². The minimum Gasteiger partial charge on any atom is -0.395 e. The summed E-state index contributed by atoms with van der Waals surface area (Å²) in [4.78, 5) is 1.86. The summed E-state index contributed by atoms with van der Waals surface area (Å²) in [6, 6.07) is 0. The van der Waals surface area contributed by atoms with E-state index in [1.807, 2.05) is 24.9 Å². The second kappa shape index (κ2) is 7.09. The molecule has 0 rings (SSSR count). The number of rotatable bonds is 7. The monoisotopic (exact) mass is 211 g/mol. The van der Waals surface area contributed by atoms with Crippen LogP contribution in [-0.4, -0.2) is 36.4 Å². The van der Waals surface area contributed by atoms with Crippen molar-refractivity contribution in [3.63, 3.8) is 0 Å². The Bertz CT molecular complexity index is 246. The van der Waals surface area contributed by atoms with Gasteiger partial charge in [-0.2, -0.15) is 0 Å². The molecule has 0 aromatic carbocycles. The van der Waals surface area contributed by atoms with Gasteiger partial charge in [0.2, 0.25) is 0 Å². The SMILES string of the molecule is C=C(/C=C\C(=C)N(C)CCO)NC(C)N.